The second-order valence-corrected chi connectivity index (χ2v) is 8.30. The van der Waals surface area contributed by atoms with Crippen LogP contribution in [0.15, 0.2) is 36.4 Å². The molecule has 2 aromatic rings. The van der Waals surface area contributed by atoms with Crippen LogP contribution in [0.25, 0.3) is 0 Å². The summed E-state index contributed by atoms with van der Waals surface area (Å²) in [7, 11) is 0. The third-order valence-electron chi connectivity index (χ3n) is 5.15. The van der Waals surface area contributed by atoms with Gasteiger partial charge < -0.3 is 31.1 Å². The molecule has 0 bridgehead atoms. The third-order valence-corrected chi connectivity index (χ3v) is 5.15. The van der Waals surface area contributed by atoms with Crippen molar-refractivity contribution in [1.82, 2.24) is 9.80 Å². The molecule has 0 saturated carbocycles. The number of phenolic OH excluding ortho intramolecular Hbond substituents is 2. The Morgan fingerprint density at radius 1 is 0.667 bits per heavy atom. The molecule has 12 nitrogen and oxygen atoms in total. The Morgan fingerprint density at radius 3 is 1.33 bits per heavy atom. The zero-order valence-corrected chi connectivity index (χ0v) is 20.0. The highest BCUT2D eigenvalue weighted by molar-refractivity contribution is 5.94. The minimum absolute atomic E-state index is 0.00702. The first-order chi connectivity index (χ1) is 16.9. The molecule has 0 heterocycles. The zero-order chi connectivity index (χ0) is 26.8. The van der Waals surface area contributed by atoms with Gasteiger partial charge in [0.1, 0.15) is 11.5 Å². The van der Waals surface area contributed by atoms with E-state index in [-0.39, 0.29) is 37.7 Å². The van der Waals surface area contributed by atoms with Crippen molar-refractivity contribution in [2.75, 3.05) is 49.9 Å². The average molecular weight is 503 g/mol. The molecule has 0 aliphatic rings. The van der Waals surface area contributed by atoms with Gasteiger partial charge in [-0.1, -0.05) is 0 Å². The number of aromatic hydroxyl groups is 2. The highest BCUT2D eigenvalue weighted by Gasteiger charge is 2.19. The second kappa shape index (κ2) is 13.1. The Balaban J connectivity index is 2.01. The van der Waals surface area contributed by atoms with Crippen LogP contribution < -0.4 is 10.6 Å². The van der Waals surface area contributed by atoms with Crippen LogP contribution in [-0.4, -0.2) is 93.2 Å². The average Bonchev–Trinajstić information content (AvgIpc) is 2.75. The van der Waals surface area contributed by atoms with Gasteiger partial charge in [0.2, 0.25) is 11.8 Å². The molecule has 2 rings (SSSR count). The minimum Gasteiger partial charge on any atom is -0.508 e. The van der Waals surface area contributed by atoms with Crippen LogP contribution >= 0.6 is 0 Å². The van der Waals surface area contributed by atoms with E-state index in [9.17, 15) is 39.6 Å². The quantitative estimate of drug-likeness (QED) is 0.217. The van der Waals surface area contributed by atoms with Crippen LogP contribution in [0.4, 0.5) is 11.4 Å². The van der Waals surface area contributed by atoms with Crippen LogP contribution in [-0.2, 0) is 19.2 Å². The molecule has 2 aromatic carbocycles. The second-order valence-electron chi connectivity index (χ2n) is 8.30. The smallest absolute Gasteiger partial charge is 0.317 e. The molecule has 0 unspecified atom stereocenters. The Kier molecular flexibility index (Phi) is 10.2. The number of hydrogen-bond donors (Lipinski definition) is 6. The fourth-order valence-electron chi connectivity index (χ4n) is 3.46. The molecule has 0 aliphatic carbocycles. The summed E-state index contributed by atoms with van der Waals surface area (Å²) < 4.78 is 0. The minimum atomic E-state index is -1.17. The highest BCUT2D eigenvalue weighted by Crippen LogP contribution is 2.21. The predicted octanol–water partition coefficient (Wildman–Crippen LogP) is 1.07. The maximum Gasteiger partial charge on any atom is 0.317 e. The molecule has 0 spiro atoms. The lowest BCUT2D eigenvalue weighted by Crippen LogP contribution is -2.44. The monoisotopic (exact) mass is 502 g/mol. The number of carbonyl (C=O) groups is 4. The van der Waals surface area contributed by atoms with Gasteiger partial charge in [0.25, 0.3) is 0 Å². The normalized spacial score (nSPS) is 10.9. The number of benzene rings is 2. The molecular weight excluding hydrogens is 472 g/mol. The van der Waals surface area contributed by atoms with Gasteiger partial charge in [-0.25, -0.2) is 0 Å². The Morgan fingerprint density at radius 2 is 1.03 bits per heavy atom. The number of carboxylic acids is 2. The maximum atomic E-state index is 12.5. The largest absolute Gasteiger partial charge is 0.508 e. The molecule has 194 valence electrons. The van der Waals surface area contributed by atoms with E-state index in [2.05, 4.69) is 10.6 Å². The van der Waals surface area contributed by atoms with E-state index in [1.807, 2.05) is 0 Å². The number of carboxylic acid groups (broad SMARTS) is 2. The van der Waals surface area contributed by atoms with Crippen molar-refractivity contribution in [2.24, 2.45) is 0 Å². The van der Waals surface area contributed by atoms with Crippen LogP contribution in [0.2, 0.25) is 0 Å². The van der Waals surface area contributed by atoms with Gasteiger partial charge in [-0.3, -0.25) is 29.0 Å². The highest BCUT2D eigenvalue weighted by atomic mass is 16.4. The SMILES string of the molecule is Cc1cc(O)ccc1NC(=O)CN(CCN(CC(=O)O)CC(=O)Nc1ccc(O)cc1C)CC(=O)O. The van der Waals surface area contributed by atoms with Crippen molar-refractivity contribution >= 4 is 35.1 Å². The summed E-state index contributed by atoms with van der Waals surface area (Å²) in [5.41, 5.74) is 2.16. The molecule has 0 radical (unpaired) electrons. The standard InChI is InChI=1S/C24H30N4O8/c1-15-9-17(29)3-5-19(15)25-21(31)11-27(13-23(33)34)7-8-28(14-24(35)36)12-22(32)26-20-6-4-18(30)10-16(20)2/h3-6,9-10,29-30H,7-8,11-14H2,1-2H3,(H,25,31)(H,26,32)(H,33,34)(H,35,36). The molecule has 0 fully saturated rings. The third kappa shape index (κ3) is 9.60. The lowest BCUT2D eigenvalue weighted by atomic mass is 10.2. The molecule has 0 atom stereocenters. The first kappa shape index (κ1) is 28.1. The van der Waals surface area contributed by atoms with E-state index in [1.165, 1.54) is 46.2 Å². The number of anilines is 2. The fourth-order valence-corrected chi connectivity index (χ4v) is 3.46. The van der Waals surface area contributed by atoms with E-state index >= 15 is 0 Å². The zero-order valence-electron chi connectivity index (χ0n) is 20.0. The van der Waals surface area contributed by atoms with Gasteiger partial charge >= 0.3 is 11.9 Å². The molecule has 12 heteroatoms. The number of aryl methyl sites for hydroxylation is 2. The van der Waals surface area contributed by atoms with Gasteiger partial charge in [-0.15, -0.1) is 0 Å². The Labute approximate surface area is 207 Å². The van der Waals surface area contributed by atoms with Crippen LogP contribution in [0.1, 0.15) is 11.1 Å². The number of amides is 2. The number of hydrogen-bond acceptors (Lipinski definition) is 8. The van der Waals surface area contributed by atoms with E-state index in [4.69, 9.17) is 0 Å². The van der Waals surface area contributed by atoms with Gasteiger partial charge in [-0.2, -0.15) is 0 Å². The summed E-state index contributed by atoms with van der Waals surface area (Å²) in [6, 6.07) is 8.80. The Hall–Kier alpha value is -4.16. The number of nitrogens with zero attached hydrogens (tertiary/aromatic N) is 2. The van der Waals surface area contributed by atoms with Gasteiger partial charge in [0, 0.05) is 24.5 Å². The number of rotatable bonds is 13. The van der Waals surface area contributed by atoms with E-state index in [1.54, 1.807) is 13.8 Å². The summed E-state index contributed by atoms with van der Waals surface area (Å²) in [6.07, 6.45) is 0. The van der Waals surface area contributed by atoms with Crippen molar-refractivity contribution in [1.29, 1.82) is 0 Å². The molecule has 0 aliphatic heterocycles. The van der Waals surface area contributed by atoms with Crippen molar-refractivity contribution < 1.29 is 39.6 Å². The molecule has 6 N–H and O–H groups in total. The van der Waals surface area contributed by atoms with Gasteiger partial charge in [0.05, 0.1) is 26.2 Å². The number of carbonyl (C=O) groups excluding carboxylic acids is 2. The molecule has 0 aromatic heterocycles. The van der Waals surface area contributed by atoms with E-state index in [0.29, 0.717) is 22.5 Å². The van der Waals surface area contributed by atoms with Crippen LogP contribution in [0, 0.1) is 13.8 Å². The first-order valence-electron chi connectivity index (χ1n) is 11.0. The molecule has 36 heavy (non-hydrogen) atoms. The number of aliphatic carboxylic acids is 2. The molecule has 0 saturated heterocycles. The van der Waals surface area contributed by atoms with E-state index < -0.39 is 36.8 Å². The first-order valence-corrected chi connectivity index (χ1v) is 11.0. The van der Waals surface area contributed by atoms with E-state index in [0.717, 1.165) is 0 Å². The van der Waals surface area contributed by atoms with Gasteiger partial charge in [0.15, 0.2) is 0 Å². The molecule has 2 amide bonds. The molecular formula is C24H30N4O8. The number of nitrogens with one attached hydrogen (secondary N) is 2. The van der Waals surface area contributed by atoms with Crippen molar-refractivity contribution in [3.63, 3.8) is 0 Å². The Bertz CT molecular complexity index is 1030. The van der Waals surface area contributed by atoms with Crippen molar-refractivity contribution in [3.8, 4) is 11.5 Å². The summed E-state index contributed by atoms with van der Waals surface area (Å²) in [4.78, 5) is 50.3. The fraction of sp³-hybridized carbons (Fsp3) is 0.333. The van der Waals surface area contributed by atoms with Crippen LogP contribution in [0.3, 0.4) is 0 Å². The van der Waals surface area contributed by atoms with Crippen molar-refractivity contribution in [3.05, 3.63) is 47.5 Å². The summed E-state index contributed by atoms with van der Waals surface area (Å²) in [5, 5.41) is 42.8. The lowest BCUT2D eigenvalue weighted by Gasteiger charge is -2.25. The van der Waals surface area contributed by atoms with Gasteiger partial charge in [-0.05, 0) is 61.4 Å². The maximum absolute atomic E-state index is 12.5. The van der Waals surface area contributed by atoms with Crippen molar-refractivity contribution in [2.45, 2.75) is 13.8 Å². The summed E-state index contributed by atoms with van der Waals surface area (Å²) in [5.74, 6) is -3.24. The van der Waals surface area contributed by atoms with Crippen LogP contribution in [0.5, 0.6) is 11.5 Å². The summed E-state index contributed by atoms with van der Waals surface area (Å²) >= 11 is 0. The predicted molar refractivity (Wildman–Crippen MR) is 131 cm³/mol. The topological polar surface area (TPSA) is 180 Å². The lowest BCUT2D eigenvalue weighted by molar-refractivity contribution is -0.140. The summed E-state index contributed by atoms with van der Waals surface area (Å²) in [6.45, 7) is 1.89. The number of phenols is 2.